The van der Waals surface area contributed by atoms with Crippen LogP contribution in [0.5, 0.6) is 5.75 Å². The van der Waals surface area contributed by atoms with Crippen LogP contribution in [0, 0.1) is 0 Å². The maximum atomic E-state index is 5.90. The van der Waals surface area contributed by atoms with Crippen molar-refractivity contribution in [1.82, 2.24) is 25.2 Å². The van der Waals surface area contributed by atoms with Gasteiger partial charge in [0.1, 0.15) is 23.7 Å². The van der Waals surface area contributed by atoms with Crippen molar-refractivity contribution >= 4 is 5.82 Å². The van der Waals surface area contributed by atoms with Crippen LogP contribution in [0.4, 0.5) is 5.82 Å². The highest BCUT2D eigenvalue weighted by Gasteiger charge is 2.10. The van der Waals surface area contributed by atoms with Gasteiger partial charge in [0.2, 0.25) is 0 Å². The van der Waals surface area contributed by atoms with Gasteiger partial charge in [0.25, 0.3) is 0 Å². The second kappa shape index (κ2) is 6.72. The zero-order valence-electron chi connectivity index (χ0n) is 14.3. The van der Waals surface area contributed by atoms with Crippen molar-refractivity contribution in [3.8, 4) is 28.3 Å². The fourth-order valence-corrected chi connectivity index (χ4v) is 2.82. The van der Waals surface area contributed by atoms with Gasteiger partial charge in [-0.1, -0.05) is 42.5 Å². The molecule has 0 aliphatic rings. The predicted molar refractivity (Wildman–Crippen MR) is 99.2 cm³/mol. The first-order chi connectivity index (χ1) is 12.7. The molecule has 2 aromatic heterocycles. The summed E-state index contributed by atoms with van der Waals surface area (Å²) >= 11 is 0. The van der Waals surface area contributed by atoms with Gasteiger partial charge in [-0.15, -0.1) is 5.10 Å². The van der Waals surface area contributed by atoms with E-state index in [2.05, 4.69) is 32.6 Å². The Hall–Kier alpha value is -3.61. The second-order valence-corrected chi connectivity index (χ2v) is 5.88. The number of aromatic amines is 1. The van der Waals surface area contributed by atoms with Crippen molar-refractivity contribution in [3.63, 3.8) is 0 Å². The minimum atomic E-state index is 0.361. The summed E-state index contributed by atoms with van der Waals surface area (Å²) in [5, 5.41) is 15.0. The number of H-pyrrole nitrogens is 1. The summed E-state index contributed by atoms with van der Waals surface area (Å²) in [6.45, 7) is 0.373. The molecule has 0 saturated carbocycles. The summed E-state index contributed by atoms with van der Waals surface area (Å²) in [6.07, 6.45) is 0. The first-order valence-corrected chi connectivity index (χ1v) is 8.18. The number of hydrogen-bond donors (Lipinski definition) is 2. The van der Waals surface area contributed by atoms with Crippen LogP contribution in [0.2, 0.25) is 0 Å². The summed E-state index contributed by atoms with van der Waals surface area (Å²) in [7, 11) is 1.93. The number of hydrogen-bond acceptors (Lipinski definition) is 5. The van der Waals surface area contributed by atoms with Crippen LogP contribution in [-0.4, -0.2) is 25.2 Å². The standard InChI is InChI=1S/C19H18N6O/c1-25-17(13-6-3-2-4-7-13)11-15(23-25)12-26-16-9-5-8-14(10-16)18-19(20)22-24-21-18/h2-11H,12H2,1H3,(H3,20,21,22,24). The van der Waals surface area contributed by atoms with Gasteiger partial charge >= 0.3 is 0 Å². The molecule has 26 heavy (non-hydrogen) atoms. The lowest BCUT2D eigenvalue weighted by molar-refractivity contribution is 0.300. The number of nitrogen functional groups attached to an aromatic ring is 1. The Balaban J connectivity index is 1.51. The van der Waals surface area contributed by atoms with Gasteiger partial charge in [0.15, 0.2) is 5.82 Å². The molecule has 0 bridgehead atoms. The second-order valence-electron chi connectivity index (χ2n) is 5.88. The Morgan fingerprint density at radius 1 is 1.00 bits per heavy atom. The summed E-state index contributed by atoms with van der Waals surface area (Å²) in [4.78, 5) is 0. The van der Waals surface area contributed by atoms with Crippen molar-refractivity contribution < 1.29 is 4.74 Å². The molecule has 0 aliphatic heterocycles. The van der Waals surface area contributed by atoms with Gasteiger partial charge in [-0.3, -0.25) is 4.68 Å². The Morgan fingerprint density at radius 3 is 2.58 bits per heavy atom. The molecule has 4 rings (SSSR count). The lowest BCUT2D eigenvalue weighted by Crippen LogP contribution is -1.98. The van der Waals surface area contributed by atoms with Gasteiger partial charge in [0, 0.05) is 12.6 Å². The zero-order chi connectivity index (χ0) is 17.9. The van der Waals surface area contributed by atoms with Crippen LogP contribution >= 0.6 is 0 Å². The number of aromatic nitrogens is 5. The van der Waals surface area contributed by atoms with Crippen LogP contribution in [-0.2, 0) is 13.7 Å². The molecule has 4 aromatic rings. The average molecular weight is 346 g/mol. The molecule has 0 fully saturated rings. The highest BCUT2D eigenvalue weighted by molar-refractivity contribution is 5.70. The maximum Gasteiger partial charge on any atom is 0.173 e. The van der Waals surface area contributed by atoms with Crippen LogP contribution in [0.25, 0.3) is 22.5 Å². The van der Waals surface area contributed by atoms with Gasteiger partial charge < -0.3 is 10.5 Å². The average Bonchev–Trinajstić information content (AvgIpc) is 3.26. The molecule has 0 amide bonds. The predicted octanol–water partition coefficient (Wildman–Crippen LogP) is 3.03. The third kappa shape index (κ3) is 3.14. The Morgan fingerprint density at radius 2 is 1.81 bits per heavy atom. The number of aryl methyl sites for hydroxylation is 1. The van der Waals surface area contributed by atoms with E-state index in [0.29, 0.717) is 18.1 Å². The highest BCUT2D eigenvalue weighted by Crippen LogP contribution is 2.26. The number of benzene rings is 2. The molecule has 3 N–H and O–H groups in total. The van der Waals surface area contributed by atoms with E-state index in [0.717, 1.165) is 28.3 Å². The van der Waals surface area contributed by atoms with E-state index in [1.165, 1.54) is 0 Å². The Labute approximate surface area is 150 Å². The van der Waals surface area contributed by atoms with E-state index in [1.807, 2.05) is 60.3 Å². The van der Waals surface area contributed by atoms with Crippen LogP contribution in [0.3, 0.4) is 0 Å². The van der Waals surface area contributed by atoms with E-state index in [4.69, 9.17) is 10.5 Å². The third-order valence-corrected chi connectivity index (χ3v) is 4.07. The van der Waals surface area contributed by atoms with Crippen LogP contribution < -0.4 is 10.5 Å². The van der Waals surface area contributed by atoms with E-state index >= 15 is 0 Å². The number of rotatable bonds is 5. The van der Waals surface area contributed by atoms with Crippen molar-refractivity contribution in [3.05, 3.63) is 66.4 Å². The molecule has 7 heteroatoms. The molecular formula is C19H18N6O. The molecule has 7 nitrogen and oxygen atoms in total. The van der Waals surface area contributed by atoms with Crippen molar-refractivity contribution in [1.29, 1.82) is 0 Å². The molecular weight excluding hydrogens is 328 g/mol. The van der Waals surface area contributed by atoms with E-state index in [9.17, 15) is 0 Å². The monoisotopic (exact) mass is 346 g/mol. The summed E-state index contributed by atoms with van der Waals surface area (Å²) < 4.78 is 7.76. The van der Waals surface area contributed by atoms with Gasteiger partial charge in [-0.2, -0.15) is 15.4 Å². The zero-order valence-corrected chi connectivity index (χ0v) is 14.3. The maximum absolute atomic E-state index is 5.90. The number of nitrogens with one attached hydrogen (secondary N) is 1. The van der Waals surface area contributed by atoms with Gasteiger partial charge in [-0.05, 0) is 23.8 Å². The summed E-state index contributed by atoms with van der Waals surface area (Å²) in [5.41, 5.74) is 10.3. The number of nitrogens with two attached hydrogens (primary N) is 1. The molecule has 0 radical (unpaired) electrons. The lowest BCUT2D eigenvalue weighted by Gasteiger charge is -2.05. The fourth-order valence-electron chi connectivity index (χ4n) is 2.82. The third-order valence-electron chi connectivity index (χ3n) is 4.07. The minimum Gasteiger partial charge on any atom is -0.487 e. The van der Waals surface area contributed by atoms with E-state index in [-0.39, 0.29) is 0 Å². The lowest BCUT2D eigenvalue weighted by atomic mass is 10.1. The largest absolute Gasteiger partial charge is 0.487 e. The van der Waals surface area contributed by atoms with Gasteiger partial charge in [0.05, 0.1) is 5.69 Å². The molecule has 2 aromatic carbocycles. The molecule has 0 saturated heterocycles. The minimum absolute atomic E-state index is 0.361. The molecule has 0 atom stereocenters. The highest BCUT2D eigenvalue weighted by atomic mass is 16.5. The van der Waals surface area contributed by atoms with Crippen LogP contribution in [0.1, 0.15) is 5.69 Å². The van der Waals surface area contributed by atoms with Crippen molar-refractivity contribution in [2.24, 2.45) is 7.05 Å². The molecule has 130 valence electrons. The number of ether oxygens (including phenoxy) is 1. The first-order valence-electron chi connectivity index (χ1n) is 8.18. The Bertz CT molecular complexity index is 1020. The molecule has 0 spiro atoms. The van der Waals surface area contributed by atoms with E-state index in [1.54, 1.807) is 0 Å². The topological polar surface area (TPSA) is 94.6 Å². The first kappa shape index (κ1) is 15.9. The molecule has 0 unspecified atom stereocenters. The smallest absolute Gasteiger partial charge is 0.173 e. The van der Waals surface area contributed by atoms with Crippen molar-refractivity contribution in [2.75, 3.05) is 5.73 Å². The molecule has 0 aliphatic carbocycles. The van der Waals surface area contributed by atoms with Crippen LogP contribution in [0.15, 0.2) is 60.7 Å². The van der Waals surface area contributed by atoms with Gasteiger partial charge in [-0.25, -0.2) is 0 Å². The molecule has 2 heterocycles. The Kier molecular flexibility index (Phi) is 4.10. The summed E-state index contributed by atoms with van der Waals surface area (Å²) in [6, 6.07) is 19.8. The van der Waals surface area contributed by atoms with E-state index < -0.39 is 0 Å². The number of nitrogens with zero attached hydrogens (tertiary/aromatic N) is 4. The number of anilines is 1. The SMILES string of the molecule is Cn1nc(COc2cccc(-c3n[nH]nc3N)c2)cc1-c1ccccc1. The quantitative estimate of drug-likeness (QED) is 0.579. The normalized spacial score (nSPS) is 10.8. The van der Waals surface area contributed by atoms with Crippen molar-refractivity contribution in [2.45, 2.75) is 6.61 Å². The summed E-state index contributed by atoms with van der Waals surface area (Å²) in [5.74, 6) is 1.08. The fraction of sp³-hybridized carbons (Fsp3) is 0.105.